The van der Waals surface area contributed by atoms with Gasteiger partial charge in [-0.2, -0.15) is 5.26 Å². The molecule has 4 nitrogen and oxygen atoms in total. The predicted octanol–water partition coefficient (Wildman–Crippen LogP) is 2.50. The molecule has 3 rings (SSSR count). The molecular weight excluding hydrogens is 248 g/mol. The minimum absolute atomic E-state index is 0.373. The third-order valence-electron chi connectivity index (χ3n) is 3.98. The number of benzene rings is 1. The fourth-order valence-corrected chi connectivity index (χ4v) is 3.05. The van der Waals surface area contributed by atoms with Crippen LogP contribution >= 0.6 is 0 Å². The average molecular weight is 268 g/mol. The van der Waals surface area contributed by atoms with Crippen molar-refractivity contribution in [2.75, 3.05) is 14.1 Å². The van der Waals surface area contributed by atoms with E-state index >= 15 is 0 Å². The van der Waals surface area contributed by atoms with E-state index in [0.717, 1.165) is 29.8 Å². The lowest BCUT2D eigenvalue weighted by Gasteiger charge is -2.15. The Labute approximate surface area is 119 Å². The van der Waals surface area contributed by atoms with Crippen LogP contribution in [0.4, 0.5) is 0 Å². The summed E-state index contributed by atoms with van der Waals surface area (Å²) < 4.78 is 2.06. The molecule has 1 aromatic heterocycles. The Balaban J connectivity index is 2.15. The molecule has 0 aliphatic heterocycles. The summed E-state index contributed by atoms with van der Waals surface area (Å²) in [6.07, 6.45) is 4.88. The van der Waals surface area contributed by atoms with Gasteiger partial charge in [0, 0.05) is 0 Å². The van der Waals surface area contributed by atoms with E-state index in [-0.39, 0.29) is 0 Å². The van der Waals surface area contributed by atoms with Crippen LogP contribution in [0.5, 0.6) is 0 Å². The van der Waals surface area contributed by atoms with Crippen molar-refractivity contribution >= 4 is 11.0 Å². The normalized spacial score (nSPS) is 14.5. The van der Waals surface area contributed by atoms with Crippen molar-refractivity contribution < 1.29 is 0 Å². The number of hydrogen-bond acceptors (Lipinski definition) is 3. The van der Waals surface area contributed by atoms with Gasteiger partial charge in [0.2, 0.25) is 0 Å². The Kier molecular flexibility index (Phi) is 3.45. The molecule has 0 N–H and O–H groups in total. The highest BCUT2D eigenvalue weighted by Gasteiger charge is 2.16. The monoisotopic (exact) mass is 268 g/mol. The largest absolute Gasteiger partial charge is 0.313 e. The van der Waals surface area contributed by atoms with Crippen molar-refractivity contribution in [3.05, 3.63) is 29.1 Å². The molecule has 1 aliphatic rings. The first-order chi connectivity index (χ1) is 9.69. The number of aryl methyl sites for hydroxylation is 2. The van der Waals surface area contributed by atoms with Crippen molar-refractivity contribution in [2.45, 2.75) is 38.8 Å². The Hall–Kier alpha value is -1.86. The second-order valence-corrected chi connectivity index (χ2v) is 5.83. The van der Waals surface area contributed by atoms with Crippen molar-refractivity contribution in [3.8, 4) is 6.07 Å². The van der Waals surface area contributed by atoms with Gasteiger partial charge in [0.25, 0.3) is 0 Å². The van der Waals surface area contributed by atoms with Crippen molar-refractivity contribution in [2.24, 2.45) is 0 Å². The molecule has 1 aromatic carbocycles. The predicted molar refractivity (Wildman–Crippen MR) is 79.4 cm³/mol. The molecule has 0 atom stereocenters. The summed E-state index contributed by atoms with van der Waals surface area (Å²) >= 11 is 0. The van der Waals surface area contributed by atoms with Gasteiger partial charge < -0.3 is 9.47 Å². The lowest BCUT2D eigenvalue weighted by Crippen LogP contribution is -2.15. The van der Waals surface area contributed by atoms with Crippen LogP contribution in [0.2, 0.25) is 0 Å². The number of nitriles is 1. The summed E-state index contributed by atoms with van der Waals surface area (Å²) in [6, 6.07) is 6.75. The zero-order chi connectivity index (χ0) is 14.1. The molecule has 4 heteroatoms. The van der Waals surface area contributed by atoms with E-state index in [1.54, 1.807) is 0 Å². The molecule has 0 saturated heterocycles. The lowest BCUT2D eigenvalue weighted by atomic mass is 9.91. The van der Waals surface area contributed by atoms with Crippen LogP contribution in [-0.2, 0) is 25.9 Å². The summed E-state index contributed by atoms with van der Waals surface area (Å²) in [7, 11) is 4.06. The maximum absolute atomic E-state index is 9.08. The third kappa shape index (κ3) is 2.30. The number of fused-ring (bicyclic) bond motifs is 2. The number of hydrogen-bond donors (Lipinski definition) is 0. The highest BCUT2D eigenvalue weighted by atomic mass is 15.2. The molecule has 104 valence electrons. The van der Waals surface area contributed by atoms with Crippen LogP contribution in [0.25, 0.3) is 11.0 Å². The number of nitrogens with zero attached hydrogens (tertiary/aromatic N) is 4. The number of aromatic nitrogens is 2. The quantitative estimate of drug-likeness (QED) is 0.859. The second kappa shape index (κ2) is 5.26. The Morgan fingerprint density at radius 2 is 1.95 bits per heavy atom. The standard InChI is InChI=1S/C16H20N4/c1-19(2)11-16-18-14-9-12-5-3-4-6-13(12)10-15(14)20(16)8-7-17/h9-10H,3-6,8,11H2,1-2H3. The van der Waals surface area contributed by atoms with Crippen LogP contribution < -0.4 is 0 Å². The van der Waals surface area contributed by atoms with Crippen LogP contribution in [-0.4, -0.2) is 28.5 Å². The van der Waals surface area contributed by atoms with E-state index in [0.29, 0.717) is 6.54 Å². The summed E-state index contributed by atoms with van der Waals surface area (Å²) in [6.45, 7) is 1.14. The van der Waals surface area contributed by atoms with Crippen molar-refractivity contribution in [1.29, 1.82) is 5.26 Å². The summed E-state index contributed by atoms with van der Waals surface area (Å²) in [5.74, 6) is 0.980. The molecule has 1 heterocycles. The minimum atomic E-state index is 0.373. The smallest absolute Gasteiger partial charge is 0.125 e. The van der Waals surface area contributed by atoms with E-state index in [2.05, 4.69) is 27.7 Å². The molecular formula is C16H20N4. The molecule has 0 bridgehead atoms. The first kappa shape index (κ1) is 13.1. The Bertz CT molecular complexity index is 676. The number of rotatable bonds is 3. The Morgan fingerprint density at radius 3 is 2.60 bits per heavy atom. The van der Waals surface area contributed by atoms with E-state index in [9.17, 15) is 0 Å². The van der Waals surface area contributed by atoms with Gasteiger partial charge >= 0.3 is 0 Å². The first-order valence-corrected chi connectivity index (χ1v) is 7.21. The van der Waals surface area contributed by atoms with Gasteiger partial charge in [-0.1, -0.05) is 0 Å². The molecule has 0 saturated carbocycles. The van der Waals surface area contributed by atoms with Gasteiger partial charge in [-0.25, -0.2) is 4.98 Å². The SMILES string of the molecule is CN(C)Cc1nc2cc3c(cc2n1CC#N)CCCC3. The highest BCUT2D eigenvalue weighted by Crippen LogP contribution is 2.27. The average Bonchev–Trinajstić information content (AvgIpc) is 2.73. The van der Waals surface area contributed by atoms with Gasteiger partial charge in [-0.3, -0.25) is 0 Å². The molecule has 0 unspecified atom stereocenters. The van der Waals surface area contributed by atoms with E-state index in [4.69, 9.17) is 10.2 Å². The lowest BCUT2D eigenvalue weighted by molar-refractivity contribution is 0.384. The van der Waals surface area contributed by atoms with Gasteiger partial charge in [0.15, 0.2) is 0 Å². The minimum Gasteiger partial charge on any atom is -0.313 e. The Morgan fingerprint density at radius 1 is 1.25 bits per heavy atom. The fourth-order valence-electron chi connectivity index (χ4n) is 3.05. The first-order valence-electron chi connectivity index (χ1n) is 7.21. The summed E-state index contributed by atoms with van der Waals surface area (Å²) in [5.41, 5.74) is 5.04. The maximum Gasteiger partial charge on any atom is 0.125 e. The van der Waals surface area contributed by atoms with Crippen LogP contribution in [0.3, 0.4) is 0 Å². The molecule has 1 aliphatic carbocycles. The number of imidazole rings is 1. The summed E-state index contributed by atoms with van der Waals surface area (Å²) in [5, 5.41) is 9.08. The van der Waals surface area contributed by atoms with Gasteiger partial charge in [0.05, 0.1) is 23.6 Å². The molecule has 0 spiro atoms. The zero-order valence-corrected chi connectivity index (χ0v) is 12.2. The van der Waals surface area contributed by atoms with Crippen molar-refractivity contribution in [3.63, 3.8) is 0 Å². The van der Waals surface area contributed by atoms with Crippen molar-refractivity contribution in [1.82, 2.24) is 14.5 Å². The third-order valence-corrected chi connectivity index (χ3v) is 3.98. The summed E-state index contributed by atoms with van der Waals surface area (Å²) in [4.78, 5) is 6.84. The van der Waals surface area contributed by atoms with Gasteiger partial charge in [-0.15, -0.1) is 0 Å². The van der Waals surface area contributed by atoms with Crippen LogP contribution in [0.15, 0.2) is 12.1 Å². The fraction of sp³-hybridized carbons (Fsp3) is 0.500. The molecule has 0 radical (unpaired) electrons. The van der Waals surface area contributed by atoms with Crippen LogP contribution in [0.1, 0.15) is 29.8 Å². The van der Waals surface area contributed by atoms with Gasteiger partial charge in [0.1, 0.15) is 12.4 Å². The van der Waals surface area contributed by atoms with E-state index < -0.39 is 0 Å². The van der Waals surface area contributed by atoms with E-state index in [1.165, 1.54) is 30.4 Å². The second-order valence-electron chi connectivity index (χ2n) is 5.83. The molecule has 20 heavy (non-hydrogen) atoms. The maximum atomic E-state index is 9.08. The van der Waals surface area contributed by atoms with Gasteiger partial charge in [-0.05, 0) is 63.0 Å². The van der Waals surface area contributed by atoms with Crippen LogP contribution in [0, 0.1) is 11.3 Å². The topological polar surface area (TPSA) is 44.9 Å². The van der Waals surface area contributed by atoms with E-state index in [1.807, 2.05) is 14.1 Å². The molecule has 0 amide bonds. The molecule has 0 fully saturated rings. The highest BCUT2D eigenvalue weighted by molar-refractivity contribution is 5.78. The zero-order valence-electron chi connectivity index (χ0n) is 12.2. The molecule has 2 aromatic rings.